The molecule has 4 rings (SSSR count). The van der Waals surface area contributed by atoms with Gasteiger partial charge in [-0.2, -0.15) is 5.10 Å². The number of aromatic amines is 1. The van der Waals surface area contributed by atoms with Crippen LogP contribution >= 0.6 is 23.2 Å². The molecule has 0 aliphatic heterocycles. The molecule has 3 aromatic heterocycles. The zero-order valence-electron chi connectivity index (χ0n) is 20.0. The fourth-order valence-corrected chi connectivity index (χ4v) is 4.31. The average Bonchev–Trinajstić information content (AvgIpc) is 3.20. The molecule has 7 nitrogen and oxygen atoms in total. The summed E-state index contributed by atoms with van der Waals surface area (Å²) in [6.07, 6.45) is 5.42. The fraction of sp³-hybridized carbons (Fsp3) is 0.269. The molecule has 188 valence electrons. The van der Waals surface area contributed by atoms with E-state index in [-0.39, 0.29) is 0 Å². The van der Waals surface area contributed by atoms with E-state index in [0.717, 1.165) is 11.2 Å². The monoisotopic (exact) mass is 529 g/mol. The Bertz CT molecular complexity index is 1360. The van der Waals surface area contributed by atoms with Crippen molar-refractivity contribution in [2.75, 3.05) is 6.54 Å². The maximum Gasteiger partial charge on any atom is 0.134 e. The van der Waals surface area contributed by atoms with Crippen molar-refractivity contribution in [3.8, 4) is 5.75 Å². The van der Waals surface area contributed by atoms with Crippen LogP contribution in [0.25, 0.3) is 22.8 Å². The van der Waals surface area contributed by atoms with Crippen molar-refractivity contribution in [2.24, 2.45) is 0 Å². The van der Waals surface area contributed by atoms with E-state index in [0.29, 0.717) is 51.1 Å². The number of nitrogens with zero attached hydrogens (tertiary/aromatic N) is 3. The van der Waals surface area contributed by atoms with E-state index in [4.69, 9.17) is 27.9 Å². The second kappa shape index (κ2) is 10.9. The molecule has 0 saturated carbocycles. The number of aromatic nitrogens is 4. The molecule has 1 aromatic carbocycles. The Morgan fingerprint density at radius 2 is 1.94 bits per heavy atom. The van der Waals surface area contributed by atoms with Crippen LogP contribution in [0.2, 0.25) is 10.0 Å². The van der Waals surface area contributed by atoms with E-state index >= 15 is 4.39 Å². The van der Waals surface area contributed by atoms with Crippen LogP contribution in [0.3, 0.4) is 0 Å². The molecule has 0 amide bonds. The van der Waals surface area contributed by atoms with E-state index < -0.39 is 17.5 Å². The molecule has 0 aliphatic carbocycles. The van der Waals surface area contributed by atoms with Gasteiger partial charge < -0.3 is 15.2 Å². The van der Waals surface area contributed by atoms with Crippen molar-refractivity contribution >= 4 is 46.0 Å². The lowest BCUT2D eigenvalue weighted by Gasteiger charge is -2.17. The molecule has 3 heterocycles. The third kappa shape index (κ3) is 6.39. The highest BCUT2D eigenvalue weighted by Crippen LogP contribution is 2.34. The Morgan fingerprint density at radius 3 is 2.61 bits per heavy atom. The van der Waals surface area contributed by atoms with Crippen molar-refractivity contribution in [1.29, 1.82) is 0 Å². The van der Waals surface area contributed by atoms with Gasteiger partial charge in [0.2, 0.25) is 0 Å². The van der Waals surface area contributed by atoms with Crippen LogP contribution in [0.1, 0.15) is 49.4 Å². The van der Waals surface area contributed by atoms with Gasteiger partial charge in [0, 0.05) is 54.3 Å². The van der Waals surface area contributed by atoms with Crippen molar-refractivity contribution in [1.82, 2.24) is 25.5 Å². The van der Waals surface area contributed by atoms with Crippen LogP contribution in [0.4, 0.5) is 4.39 Å². The van der Waals surface area contributed by atoms with E-state index in [1.807, 2.05) is 13.0 Å². The first kappa shape index (κ1) is 26.0. The second-order valence-electron chi connectivity index (χ2n) is 9.04. The van der Waals surface area contributed by atoms with Crippen molar-refractivity contribution in [3.63, 3.8) is 0 Å². The lowest BCUT2D eigenvalue weighted by Crippen LogP contribution is -2.34. The molecule has 0 spiro atoms. The molecule has 1 unspecified atom stereocenters. The Morgan fingerprint density at radius 1 is 1.19 bits per heavy atom. The zero-order chi connectivity index (χ0) is 25.9. The first-order valence-electron chi connectivity index (χ1n) is 11.3. The maximum absolute atomic E-state index is 15.0. The normalized spacial score (nSPS) is 13.2. The summed E-state index contributed by atoms with van der Waals surface area (Å²) in [7, 11) is 0. The van der Waals surface area contributed by atoms with E-state index in [9.17, 15) is 5.11 Å². The summed E-state index contributed by atoms with van der Waals surface area (Å²) >= 11 is 12.5. The van der Waals surface area contributed by atoms with Crippen LogP contribution in [-0.2, 0) is 6.54 Å². The highest BCUT2D eigenvalue weighted by Gasteiger charge is 2.17. The van der Waals surface area contributed by atoms with Crippen LogP contribution in [0.15, 0.2) is 48.9 Å². The molecule has 0 fully saturated rings. The van der Waals surface area contributed by atoms with Gasteiger partial charge in [-0.3, -0.25) is 15.1 Å². The van der Waals surface area contributed by atoms with Crippen LogP contribution in [-0.4, -0.2) is 37.4 Å². The van der Waals surface area contributed by atoms with Gasteiger partial charge in [0.15, 0.2) is 0 Å². The minimum Gasteiger partial charge on any atom is -0.486 e. The number of benzene rings is 1. The summed E-state index contributed by atoms with van der Waals surface area (Å²) in [6.45, 7) is 6.17. The predicted molar refractivity (Wildman–Crippen MR) is 141 cm³/mol. The summed E-state index contributed by atoms with van der Waals surface area (Å²) < 4.78 is 21.1. The highest BCUT2D eigenvalue weighted by molar-refractivity contribution is 6.35. The largest absolute Gasteiger partial charge is 0.486 e. The van der Waals surface area contributed by atoms with Crippen molar-refractivity contribution in [2.45, 2.75) is 39.0 Å². The zero-order valence-corrected chi connectivity index (χ0v) is 21.5. The summed E-state index contributed by atoms with van der Waals surface area (Å²) in [6, 6.07) is 8.79. The molecule has 0 radical (unpaired) electrons. The first-order valence-corrected chi connectivity index (χ1v) is 12.1. The predicted octanol–water partition coefficient (Wildman–Crippen LogP) is 6.13. The lowest BCUT2D eigenvalue weighted by molar-refractivity contribution is 0.0794. The third-order valence-electron chi connectivity index (χ3n) is 5.40. The molecule has 1 atom stereocenters. The number of halogens is 3. The topological polar surface area (TPSA) is 96.0 Å². The van der Waals surface area contributed by atoms with Gasteiger partial charge in [0.05, 0.1) is 32.6 Å². The van der Waals surface area contributed by atoms with E-state index in [2.05, 4.69) is 25.5 Å². The summed E-state index contributed by atoms with van der Waals surface area (Å²) in [5.41, 5.74) is 2.06. The van der Waals surface area contributed by atoms with E-state index in [1.165, 1.54) is 24.7 Å². The van der Waals surface area contributed by atoms with Gasteiger partial charge in [-0.1, -0.05) is 23.2 Å². The number of ether oxygens (including phenoxy) is 1. The molecule has 3 N–H and O–H groups in total. The summed E-state index contributed by atoms with van der Waals surface area (Å²) in [5.74, 6) is 0.0851. The Kier molecular flexibility index (Phi) is 7.90. The van der Waals surface area contributed by atoms with Gasteiger partial charge in [-0.15, -0.1) is 0 Å². The number of pyridine rings is 2. The molecule has 10 heteroatoms. The molecule has 0 bridgehead atoms. The second-order valence-corrected chi connectivity index (χ2v) is 9.85. The third-order valence-corrected chi connectivity index (χ3v) is 6.00. The standard InChI is InChI=1S/C26H26Cl2FN5O2/c1-15(25-20(27)12-30-13-21(25)28)36-18-6-7-23-19(8-18)24(34-33-23)9-22(29)16-4-5-17(32-10-16)11-31-14-26(2,3)35/h4-10,12-13,15,31,35H,11,14H2,1-3H3,(H,33,34)/b22-9-. The van der Waals surface area contributed by atoms with Gasteiger partial charge in [0.25, 0.3) is 0 Å². The van der Waals surface area contributed by atoms with Gasteiger partial charge >= 0.3 is 0 Å². The number of H-pyrrole nitrogens is 1. The van der Waals surface area contributed by atoms with Gasteiger partial charge in [-0.05, 0) is 51.1 Å². The van der Waals surface area contributed by atoms with E-state index in [1.54, 1.807) is 38.1 Å². The fourth-order valence-electron chi connectivity index (χ4n) is 3.64. The van der Waals surface area contributed by atoms with Gasteiger partial charge in [-0.25, -0.2) is 4.39 Å². The number of rotatable bonds is 9. The SMILES string of the molecule is CC(Oc1ccc2[nH]nc(/C=C(\F)c3ccc(CNCC(C)(C)O)nc3)c2c1)c1c(Cl)cncc1Cl. The number of hydrogen-bond acceptors (Lipinski definition) is 6. The van der Waals surface area contributed by atoms with Crippen LogP contribution in [0.5, 0.6) is 5.75 Å². The average molecular weight is 530 g/mol. The van der Waals surface area contributed by atoms with Crippen LogP contribution in [0, 0.1) is 0 Å². The Balaban J connectivity index is 1.51. The quantitative estimate of drug-likeness (QED) is 0.241. The number of nitrogens with one attached hydrogen (secondary N) is 2. The van der Waals surface area contributed by atoms with Crippen molar-refractivity contribution in [3.05, 3.63) is 81.5 Å². The number of aliphatic hydroxyl groups is 1. The summed E-state index contributed by atoms with van der Waals surface area (Å²) in [4.78, 5) is 8.27. The van der Waals surface area contributed by atoms with Crippen molar-refractivity contribution < 1.29 is 14.2 Å². The van der Waals surface area contributed by atoms with Gasteiger partial charge in [0.1, 0.15) is 17.7 Å². The highest BCUT2D eigenvalue weighted by atomic mass is 35.5. The minimum atomic E-state index is -0.816. The molecule has 36 heavy (non-hydrogen) atoms. The molecular formula is C26H26Cl2FN5O2. The molecule has 0 aliphatic rings. The maximum atomic E-state index is 15.0. The number of fused-ring (bicyclic) bond motifs is 1. The minimum absolute atomic E-state index is 0.334. The van der Waals surface area contributed by atoms with Crippen LogP contribution < -0.4 is 10.1 Å². The Hall–Kier alpha value is -3.04. The number of hydrogen-bond donors (Lipinski definition) is 3. The molecular weight excluding hydrogens is 504 g/mol. The summed E-state index contributed by atoms with van der Waals surface area (Å²) in [5, 5.41) is 21.6. The Labute approximate surface area is 218 Å². The lowest BCUT2D eigenvalue weighted by atomic mass is 10.1. The first-order chi connectivity index (χ1) is 17.1. The molecule has 0 saturated heterocycles. The smallest absolute Gasteiger partial charge is 0.134 e. The molecule has 4 aromatic rings.